The van der Waals surface area contributed by atoms with Gasteiger partial charge in [-0.15, -0.1) is 0 Å². The molecule has 0 N–H and O–H groups in total. The minimum atomic E-state index is -0.438. The molecule has 0 amide bonds. The van der Waals surface area contributed by atoms with Crippen molar-refractivity contribution in [3.8, 4) is 44.5 Å². The molecule has 0 heteroatoms. The molecule has 0 unspecified atom stereocenters. The Balaban J connectivity index is 1.20. The van der Waals surface area contributed by atoms with Crippen molar-refractivity contribution in [3.05, 3.63) is 216 Å². The van der Waals surface area contributed by atoms with Crippen molar-refractivity contribution in [3.63, 3.8) is 0 Å². The van der Waals surface area contributed by atoms with Crippen LogP contribution in [0.15, 0.2) is 194 Å². The van der Waals surface area contributed by atoms with Crippen LogP contribution in [-0.4, -0.2) is 0 Å². The van der Waals surface area contributed by atoms with Crippen LogP contribution in [0.2, 0.25) is 0 Å². The molecule has 0 nitrogen and oxygen atoms in total. The van der Waals surface area contributed by atoms with Gasteiger partial charge >= 0.3 is 0 Å². The van der Waals surface area contributed by atoms with E-state index in [1.165, 1.54) is 110 Å². The molecule has 0 bridgehead atoms. The fraction of sp³-hybridized carbons (Fsp3) is 0.0189. The Bertz CT molecular complexity index is 3130. The van der Waals surface area contributed by atoms with E-state index in [9.17, 15) is 0 Å². The van der Waals surface area contributed by atoms with Crippen LogP contribution in [0.3, 0.4) is 0 Å². The first-order valence-corrected chi connectivity index (χ1v) is 18.6. The molecule has 0 saturated carbocycles. The SMILES string of the molecule is c1cc(-c2cc3c(c4ccccc24)-c2c(ccc4ccccc24)C32c3ccccc3-c3ccccc32)cc(-c2cc3ccccc3c3ccccc23)c1. The Labute approximate surface area is 308 Å². The molecule has 2 aliphatic rings. The minimum absolute atomic E-state index is 0.438. The average Bonchev–Trinajstić information content (AvgIpc) is 3.71. The summed E-state index contributed by atoms with van der Waals surface area (Å²) >= 11 is 0. The van der Waals surface area contributed by atoms with Gasteiger partial charge in [0.25, 0.3) is 0 Å². The van der Waals surface area contributed by atoms with Crippen LogP contribution in [0.5, 0.6) is 0 Å². The fourth-order valence-electron chi connectivity index (χ4n) is 10.1. The Morgan fingerprint density at radius 2 is 0.755 bits per heavy atom. The second-order valence-electron chi connectivity index (χ2n) is 14.7. The van der Waals surface area contributed by atoms with E-state index in [-0.39, 0.29) is 0 Å². The normalized spacial score (nSPS) is 13.4. The topological polar surface area (TPSA) is 0 Å². The summed E-state index contributed by atoms with van der Waals surface area (Å²) in [4.78, 5) is 0. The van der Waals surface area contributed by atoms with E-state index in [4.69, 9.17) is 0 Å². The highest BCUT2D eigenvalue weighted by Gasteiger charge is 2.52. The third kappa shape index (κ3) is 3.75. The van der Waals surface area contributed by atoms with Crippen LogP contribution in [0.4, 0.5) is 0 Å². The van der Waals surface area contributed by atoms with Gasteiger partial charge in [0.05, 0.1) is 5.41 Å². The van der Waals surface area contributed by atoms with Crippen molar-refractivity contribution >= 4 is 43.1 Å². The van der Waals surface area contributed by atoms with Crippen molar-refractivity contribution in [2.45, 2.75) is 5.41 Å². The smallest absolute Gasteiger partial charge is 0.0619 e. The molecule has 53 heavy (non-hydrogen) atoms. The van der Waals surface area contributed by atoms with Gasteiger partial charge in [0.15, 0.2) is 0 Å². The molecule has 2 aliphatic carbocycles. The zero-order chi connectivity index (χ0) is 34.7. The molecule has 0 heterocycles. The van der Waals surface area contributed by atoms with Crippen molar-refractivity contribution in [1.82, 2.24) is 0 Å². The second kappa shape index (κ2) is 10.6. The van der Waals surface area contributed by atoms with Crippen molar-refractivity contribution in [2.75, 3.05) is 0 Å². The number of hydrogen-bond donors (Lipinski definition) is 0. The predicted octanol–water partition coefficient (Wildman–Crippen LogP) is 14.0. The highest BCUT2D eigenvalue weighted by molar-refractivity contribution is 6.17. The highest BCUT2D eigenvalue weighted by Crippen LogP contribution is 2.65. The first-order chi connectivity index (χ1) is 26.3. The number of hydrogen-bond acceptors (Lipinski definition) is 0. The van der Waals surface area contributed by atoms with Crippen LogP contribution in [0.25, 0.3) is 87.6 Å². The lowest BCUT2D eigenvalue weighted by molar-refractivity contribution is 0.795. The maximum atomic E-state index is 2.56. The molecule has 10 aromatic carbocycles. The average molecular weight is 669 g/mol. The Morgan fingerprint density at radius 3 is 1.47 bits per heavy atom. The molecule has 0 aliphatic heterocycles. The summed E-state index contributed by atoms with van der Waals surface area (Å²) < 4.78 is 0. The van der Waals surface area contributed by atoms with Crippen molar-refractivity contribution in [2.24, 2.45) is 0 Å². The first-order valence-electron chi connectivity index (χ1n) is 18.6. The quantitative estimate of drug-likeness (QED) is 0.161. The molecule has 12 rings (SSSR count). The summed E-state index contributed by atoms with van der Waals surface area (Å²) in [7, 11) is 0. The summed E-state index contributed by atoms with van der Waals surface area (Å²) in [5, 5.41) is 10.3. The molecule has 1 spiro atoms. The Kier molecular flexibility index (Phi) is 5.80. The van der Waals surface area contributed by atoms with Gasteiger partial charge in [-0.25, -0.2) is 0 Å². The van der Waals surface area contributed by atoms with E-state index >= 15 is 0 Å². The molecule has 10 aromatic rings. The third-order valence-corrected chi connectivity index (χ3v) is 12.2. The summed E-state index contributed by atoms with van der Waals surface area (Å²) in [5.74, 6) is 0. The lowest BCUT2D eigenvalue weighted by atomic mass is 9.70. The van der Waals surface area contributed by atoms with E-state index in [0.29, 0.717) is 0 Å². The summed E-state index contributed by atoms with van der Waals surface area (Å²) in [6, 6.07) is 72.9. The van der Waals surface area contributed by atoms with Gasteiger partial charge in [0.1, 0.15) is 0 Å². The number of rotatable bonds is 2. The molecule has 0 atom stereocenters. The molecule has 0 radical (unpaired) electrons. The monoisotopic (exact) mass is 668 g/mol. The first kappa shape index (κ1) is 28.9. The third-order valence-electron chi connectivity index (χ3n) is 12.2. The van der Waals surface area contributed by atoms with Crippen LogP contribution in [0, 0.1) is 0 Å². The van der Waals surface area contributed by atoms with Crippen molar-refractivity contribution in [1.29, 1.82) is 0 Å². The van der Waals surface area contributed by atoms with Gasteiger partial charge in [-0.2, -0.15) is 0 Å². The maximum absolute atomic E-state index is 2.56. The largest absolute Gasteiger partial charge is 0.0726 e. The molecule has 0 saturated heterocycles. The minimum Gasteiger partial charge on any atom is -0.0619 e. The van der Waals surface area contributed by atoms with Gasteiger partial charge in [0.2, 0.25) is 0 Å². The van der Waals surface area contributed by atoms with Gasteiger partial charge in [0, 0.05) is 0 Å². The Morgan fingerprint density at radius 1 is 0.245 bits per heavy atom. The van der Waals surface area contributed by atoms with E-state index < -0.39 is 5.41 Å². The van der Waals surface area contributed by atoms with Crippen LogP contribution in [0.1, 0.15) is 22.3 Å². The molecule has 0 fully saturated rings. The predicted molar refractivity (Wildman–Crippen MR) is 224 cm³/mol. The molecule has 244 valence electrons. The number of fused-ring (bicyclic) bond motifs is 17. The zero-order valence-electron chi connectivity index (χ0n) is 29.0. The van der Waals surface area contributed by atoms with E-state index in [2.05, 4.69) is 194 Å². The highest BCUT2D eigenvalue weighted by atomic mass is 14.5. The van der Waals surface area contributed by atoms with Gasteiger partial charge < -0.3 is 0 Å². The summed E-state index contributed by atoms with van der Waals surface area (Å²) in [6.45, 7) is 0. The van der Waals surface area contributed by atoms with E-state index in [1.807, 2.05) is 0 Å². The lowest BCUT2D eigenvalue weighted by Crippen LogP contribution is -2.26. The van der Waals surface area contributed by atoms with Crippen molar-refractivity contribution < 1.29 is 0 Å². The molecular formula is C53H32. The van der Waals surface area contributed by atoms with Gasteiger partial charge in [-0.1, -0.05) is 176 Å². The van der Waals surface area contributed by atoms with E-state index in [0.717, 1.165) is 0 Å². The van der Waals surface area contributed by atoms with Crippen LogP contribution >= 0.6 is 0 Å². The van der Waals surface area contributed by atoms with Gasteiger partial charge in [-0.05, 0) is 128 Å². The zero-order valence-corrected chi connectivity index (χ0v) is 29.0. The van der Waals surface area contributed by atoms with Crippen LogP contribution in [-0.2, 0) is 5.41 Å². The summed E-state index contributed by atoms with van der Waals surface area (Å²) in [6.07, 6.45) is 0. The second-order valence-corrected chi connectivity index (χ2v) is 14.7. The molecule has 0 aromatic heterocycles. The van der Waals surface area contributed by atoms with Gasteiger partial charge in [-0.3, -0.25) is 0 Å². The number of benzene rings is 10. The van der Waals surface area contributed by atoms with E-state index in [1.54, 1.807) is 0 Å². The maximum Gasteiger partial charge on any atom is 0.0726 e. The fourth-order valence-corrected chi connectivity index (χ4v) is 10.1. The van der Waals surface area contributed by atoms with Crippen LogP contribution < -0.4 is 0 Å². The summed E-state index contributed by atoms with van der Waals surface area (Å²) in [5.41, 5.74) is 15.4. The standard InChI is InChI=1S/C53H32/c1-4-19-38-33(14-1)28-29-49-51(38)52-44-25-8-7-22-41(44)46(32-50(52)53(49)47-26-11-9-23-42(47)43-24-10-12-27-48(43)53)35-17-13-16-34(30-35)45-31-36-15-2-3-18-37(36)39-20-5-6-21-40(39)45/h1-32H. The lowest BCUT2D eigenvalue weighted by Gasteiger charge is -2.31. The molecular weight excluding hydrogens is 637 g/mol. The Hall–Kier alpha value is -6.76.